The number of ether oxygens (including phenoxy) is 1. The molecule has 1 heterocycles. The molecule has 0 aliphatic carbocycles. The molecule has 2 N–H and O–H groups in total. The van der Waals surface area contributed by atoms with Crippen LogP contribution in [0.3, 0.4) is 0 Å². The third-order valence-electron chi connectivity index (χ3n) is 3.68. The predicted molar refractivity (Wildman–Crippen MR) is 77.5 cm³/mol. The minimum atomic E-state index is -0.228. The van der Waals surface area contributed by atoms with Gasteiger partial charge in [-0.05, 0) is 42.3 Å². The number of hydrogen-bond donors (Lipinski definition) is 1. The van der Waals surface area contributed by atoms with E-state index in [4.69, 9.17) is 22.1 Å². The summed E-state index contributed by atoms with van der Waals surface area (Å²) in [5.41, 5.74) is 8.52. The van der Waals surface area contributed by atoms with Crippen molar-refractivity contribution in [3.63, 3.8) is 0 Å². The van der Waals surface area contributed by atoms with Crippen molar-refractivity contribution in [3.05, 3.63) is 63.9 Å². The number of halogens is 2. The van der Waals surface area contributed by atoms with E-state index in [9.17, 15) is 4.39 Å². The SMILES string of the molecule is Cc1ccc(C2CC(N)c3cc(Cl)ccc3O2)cc1F. The van der Waals surface area contributed by atoms with Crippen LogP contribution in [-0.4, -0.2) is 0 Å². The van der Waals surface area contributed by atoms with Crippen LogP contribution in [0.2, 0.25) is 5.02 Å². The van der Waals surface area contributed by atoms with Crippen molar-refractivity contribution < 1.29 is 9.13 Å². The zero-order valence-corrected chi connectivity index (χ0v) is 11.8. The zero-order valence-electron chi connectivity index (χ0n) is 11.1. The van der Waals surface area contributed by atoms with E-state index in [0.717, 1.165) is 16.9 Å². The Morgan fingerprint density at radius 1 is 1.25 bits per heavy atom. The number of hydrogen-bond acceptors (Lipinski definition) is 2. The lowest BCUT2D eigenvalue weighted by molar-refractivity contribution is 0.161. The first kappa shape index (κ1) is 13.4. The minimum Gasteiger partial charge on any atom is -0.485 e. The van der Waals surface area contributed by atoms with Gasteiger partial charge < -0.3 is 10.5 Å². The molecule has 0 amide bonds. The van der Waals surface area contributed by atoms with Crippen LogP contribution in [0.4, 0.5) is 4.39 Å². The van der Waals surface area contributed by atoms with Gasteiger partial charge in [-0.15, -0.1) is 0 Å². The Labute approximate surface area is 122 Å². The molecule has 3 rings (SSSR count). The highest BCUT2D eigenvalue weighted by Gasteiger charge is 2.27. The molecule has 1 aliphatic rings. The van der Waals surface area contributed by atoms with Gasteiger partial charge in [-0.1, -0.05) is 23.7 Å². The van der Waals surface area contributed by atoms with Crippen LogP contribution in [0.5, 0.6) is 5.75 Å². The molecule has 2 atom stereocenters. The van der Waals surface area contributed by atoms with Gasteiger partial charge in [0.25, 0.3) is 0 Å². The molecule has 0 aromatic heterocycles. The highest BCUT2D eigenvalue weighted by molar-refractivity contribution is 6.30. The zero-order chi connectivity index (χ0) is 14.3. The van der Waals surface area contributed by atoms with E-state index in [-0.39, 0.29) is 18.0 Å². The molecule has 2 aromatic rings. The van der Waals surface area contributed by atoms with Gasteiger partial charge in [-0.25, -0.2) is 4.39 Å². The number of rotatable bonds is 1. The van der Waals surface area contributed by atoms with Crippen LogP contribution in [0.25, 0.3) is 0 Å². The Morgan fingerprint density at radius 2 is 2.05 bits per heavy atom. The number of nitrogens with two attached hydrogens (primary N) is 1. The summed E-state index contributed by atoms with van der Waals surface area (Å²) in [5, 5.41) is 0.641. The summed E-state index contributed by atoms with van der Waals surface area (Å²) < 4.78 is 19.6. The maximum absolute atomic E-state index is 13.7. The third-order valence-corrected chi connectivity index (χ3v) is 3.91. The van der Waals surface area contributed by atoms with Gasteiger partial charge in [-0.2, -0.15) is 0 Å². The second-order valence-corrected chi connectivity index (χ2v) is 5.58. The van der Waals surface area contributed by atoms with Gasteiger partial charge in [0.15, 0.2) is 0 Å². The van der Waals surface area contributed by atoms with E-state index < -0.39 is 0 Å². The highest BCUT2D eigenvalue weighted by Crippen LogP contribution is 2.40. The van der Waals surface area contributed by atoms with Gasteiger partial charge in [0.1, 0.15) is 17.7 Å². The fraction of sp³-hybridized carbons (Fsp3) is 0.250. The minimum absolute atomic E-state index is 0.160. The summed E-state index contributed by atoms with van der Waals surface area (Å²) >= 11 is 5.97. The molecular formula is C16H15ClFNO. The Balaban J connectivity index is 1.94. The Hall–Kier alpha value is -1.58. The van der Waals surface area contributed by atoms with Gasteiger partial charge in [0, 0.05) is 23.0 Å². The summed E-state index contributed by atoms with van der Waals surface area (Å²) in [5.74, 6) is 0.501. The molecule has 2 aromatic carbocycles. The fourth-order valence-corrected chi connectivity index (χ4v) is 2.67. The number of fused-ring (bicyclic) bond motifs is 1. The van der Waals surface area contributed by atoms with Crippen molar-refractivity contribution in [3.8, 4) is 5.75 Å². The lowest BCUT2D eigenvalue weighted by Gasteiger charge is -2.30. The van der Waals surface area contributed by atoms with Gasteiger partial charge in [0.2, 0.25) is 0 Å². The Kier molecular flexibility index (Phi) is 3.40. The molecule has 1 aliphatic heterocycles. The van der Waals surface area contributed by atoms with Gasteiger partial charge >= 0.3 is 0 Å². The van der Waals surface area contributed by atoms with Gasteiger partial charge in [0.05, 0.1) is 0 Å². The van der Waals surface area contributed by atoms with E-state index in [1.807, 2.05) is 18.2 Å². The monoisotopic (exact) mass is 291 g/mol. The first-order chi connectivity index (χ1) is 9.54. The van der Waals surface area contributed by atoms with E-state index in [0.29, 0.717) is 17.0 Å². The summed E-state index contributed by atoms with van der Waals surface area (Å²) in [6.45, 7) is 1.74. The molecular weight excluding hydrogens is 277 g/mol. The largest absolute Gasteiger partial charge is 0.485 e. The quantitative estimate of drug-likeness (QED) is 0.849. The van der Waals surface area contributed by atoms with Crippen molar-refractivity contribution >= 4 is 11.6 Å². The Bertz CT molecular complexity index is 659. The van der Waals surface area contributed by atoms with Crippen molar-refractivity contribution in [2.24, 2.45) is 5.73 Å². The number of aryl methyl sites for hydroxylation is 1. The fourth-order valence-electron chi connectivity index (χ4n) is 2.49. The van der Waals surface area contributed by atoms with Crippen LogP contribution >= 0.6 is 11.6 Å². The van der Waals surface area contributed by atoms with Crippen molar-refractivity contribution in [2.75, 3.05) is 0 Å². The van der Waals surface area contributed by atoms with Gasteiger partial charge in [-0.3, -0.25) is 0 Å². The summed E-state index contributed by atoms with van der Waals surface area (Å²) in [6, 6.07) is 10.4. The second kappa shape index (κ2) is 5.08. The first-order valence-electron chi connectivity index (χ1n) is 6.52. The molecule has 0 fully saturated rings. The molecule has 20 heavy (non-hydrogen) atoms. The lowest BCUT2D eigenvalue weighted by atomic mass is 9.93. The molecule has 0 bridgehead atoms. The average molecular weight is 292 g/mol. The second-order valence-electron chi connectivity index (χ2n) is 5.14. The van der Waals surface area contributed by atoms with E-state index in [1.54, 1.807) is 19.1 Å². The standard InChI is InChI=1S/C16H15ClFNO/c1-9-2-3-10(6-13(9)18)16-8-14(19)12-7-11(17)4-5-15(12)20-16/h2-7,14,16H,8,19H2,1H3. The molecule has 2 unspecified atom stereocenters. The maximum Gasteiger partial charge on any atom is 0.126 e. The molecule has 0 saturated carbocycles. The highest BCUT2D eigenvalue weighted by atomic mass is 35.5. The molecule has 0 radical (unpaired) electrons. The molecule has 2 nitrogen and oxygen atoms in total. The van der Waals surface area contributed by atoms with Crippen molar-refractivity contribution in [1.82, 2.24) is 0 Å². The summed E-state index contributed by atoms with van der Waals surface area (Å²) in [7, 11) is 0. The molecule has 0 saturated heterocycles. The smallest absolute Gasteiger partial charge is 0.126 e. The lowest BCUT2D eigenvalue weighted by Crippen LogP contribution is -2.24. The van der Waals surface area contributed by atoms with E-state index in [1.165, 1.54) is 6.07 Å². The maximum atomic E-state index is 13.7. The first-order valence-corrected chi connectivity index (χ1v) is 6.90. The molecule has 104 valence electrons. The van der Waals surface area contributed by atoms with Crippen LogP contribution < -0.4 is 10.5 Å². The molecule has 0 spiro atoms. The van der Waals surface area contributed by atoms with E-state index in [2.05, 4.69) is 0 Å². The van der Waals surface area contributed by atoms with Crippen LogP contribution in [0, 0.1) is 12.7 Å². The summed E-state index contributed by atoms with van der Waals surface area (Å²) in [6.07, 6.45) is 0.379. The predicted octanol–water partition coefficient (Wildman–Crippen LogP) is 4.31. The van der Waals surface area contributed by atoms with Crippen molar-refractivity contribution in [1.29, 1.82) is 0 Å². The van der Waals surface area contributed by atoms with Crippen LogP contribution in [0.1, 0.15) is 35.3 Å². The Morgan fingerprint density at radius 3 is 2.80 bits per heavy atom. The topological polar surface area (TPSA) is 35.2 Å². The molecule has 4 heteroatoms. The normalized spacial score (nSPS) is 21.2. The third kappa shape index (κ3) is 2.39. The van der Waals surface area contributed by atoms with Crippen LogP contribution in [0.15, 0.2) is 36.4 Å². The van der Waals surface area contributed by atoms with Crippen LogP contribution in [-0.2, 0) is 0 Å². The number of benzene rings is 2. The average Bonchev–Trinajstić information content (AvgIpc) is 2.42. The summed E-state index contributed by atoms with van der Waals surface area (Å²) in [4.78, 5) is 0. The van der Waals surface area contributed by atoms with E-state index >= 15 is 0 Å². The van der Waals surface area contributed by atoms with Crippen molar-refractivity contribution in [2.45, 2.75) is 25.5 Å².